The number of carbonyl (C=O) groups is 1. The van der Waals surface area contributed by atoms with Gasteiger partial charge in [-0.2, -0.15) is 4.98 Å². The molecule has 0 spiro atoms. The number of fused-ring (bicyclic) bond motifs is 1. The van der Waals surface area contributed by atoms with Crippen LogP contribution in [-0.4, -0.2) is 55.7 Å². The molecule has 0 radical (unpaired) electrons. The van der Waals surface area contributed by atoms with E-state index in [0.717, 1.165) is 15.7 Å². The third kappa shape index (κ3) is 4.03. The van der Waals surface area contributed by atoms with E-state index in [9.17, 15) is 14.4 Å². The van der Waals surface area contributed by atoms with Crippen molar-refractivity contribution in [1.82, 2.24) is 23.6 Å². The maximum Gasteiger partial charge on any atom is 0.332 e. The number of nitrogens with zero attached hydrogens (tertiary/aromatic N) is 6. The summed E-state index contributed by atoms with van der Waals surface area (Å²) in [5.41, 5.74) is 2.80. The fourth-order valence-electron chi connectivity index (χ4n) is 4.58. The van der Waals surface area contributed by atoms with Crippen LogP contribution < -0.4 is 16.1 Å². The maximum atomic E-state index is 13.1. The predicted molar refractivity (Wildman–Crippen MR) is 135 cm³/mol. The first-order valence-electron chi connectivity index (χ1n) is 11.7. The Bertz CT molecular complexity index is 1510. The Hall–Kier alpha value is -4.14. The molecule has 2 aromatic carbocycles. The van der Waals surface area contributed by atoms with Crippen LogP contribution in [0.4, 0.5) is 5.95 Å². The molecule has 1 aliphatic heterocycles. The highest BCUT2D eigenvalue weighted by molar-refractivity contribution is 5.94. The van der Waals surface area contributed by atoms with Gasteiger partial charge in [0.25, 0.3) is 11.5 Å². The van der Waals surface area contributed by atoms with Crippen molar-refractivity contribution in [3.8, 4) is 0 Å². The van der Waals surface area contributed by atoms with Crippen LogP contribution in [0.3, 0.4) is 0 Å². The predicted octanol–water partition coefficient (Wildman–Crippen LogP) is 1.75. The lowest BCUT2D eigenvalue weighted by atomic mass is 10.1. The summed E-state index contributed by atoms with van der Waals surface area (Å²) in [5.74, 6) is 0.642. The molecule has 1 aliphatic rings. The van der Waals surface area contributed by atoms with Crippen molar-refractivity contribution in [2.24, 2.45) is 14.1 Å². The molecule has 35 heavy (non-hydrogen) atoms. The lowest BCUT2D eigenvalue weighted by Gasteiger charge is -2.35. The van der Waals surface area contributed by atoms with Gasteiger partial charge in [-0.15, -0.1) is 0 Å². The molecule has 0 unspecified atom stereocenters. The summed E-state index contributed by atoms with van der Waals surface area (Å²) >= 11 is 0. The van der Waals surface area contributed by atoms with Gasteiger partial charge in [0.1, 0.15) is 0 Å². The first kappa shape index (κ1) is 22.6. The second kappa shape index (κ2) is 8.90. The Morgan fingerprint density at radius 3 is 2.20 bits per heavy atom. The highest BCUT2D eigenvalue weighted by atomic mass is 16.2. The number of rotatable bonds is 4. The number of aromatic nitrogens is 4. The Morgan fingerprint density at radius 1 is 0.886 bits per heavy atom. The van der Waals surface area contributed by atoms with E-state index in [-0.39, 0.29) is 11.5 Å². The average molecular weight is 473 g/mol. The molecule has 0 bridgehead atoms. The van der Waals surface area contributed by atoms with Crippen LogP contribution in [0.25, 0.3) is 11.2 Å². The second-order valence-electron chi connectivity index (χ2n) is 9.01. The van der Waals surface area contributed by atoms with E-state index in [1.54, 1.807) is 7.05 Å². The largest absolute Gasteiger partial charge is 0.339 e. The molecule has 9 nitrogen and oxygen atoms in total. The van der Waals surface area contributed by atoms with Gasteiger partial charge in [-0.25, -0.2) is 4.79 Å². The van der Waals surface area contributed by atoms with Gasteiger partial charge in [-0.05, 0) is 24.6 Å². The van der Waals surface area contributed by atoms with Crippen molar-refractivity contribution in [1.29, 1.82) is 0 Å². The molecule has 3 heterocycles. The molecule has 2 aromatic heterocycles. The van der Waals surface area contributed by atoms with Crippen molar-refractivity contribution < 1.29 is 4.79 Å². The molecule has 0 saturated carbocycles. The van der Waals surface area contributed by atoms with Crippen molar-refractivity contribution in [2.45, 2.75) is 13.5 Å². The third-order valence-corrected chi connectivity index (χ3v) is 6.66. The monoisotopic (exact) mass is 472 g/mol. The van der Waals surface area contributed by atoms with E-state index >= 15 is 0 Å². The van der Waals surface area contributed by atoms with E-state index in [1.165, 1.54) is 11.6 Å². The molecule has 5 rings (SSSR count). The van der Waals surface area contributed by atoms with Crippen molar-refractivity contribution in [3.05, 3.63) is 92.1 Å². The highest BCUT2D eigenvalue weighted by Crippen LogP contribution is 2.23. The van der Waals surface area contributed by atoms with Gasteiger partial charge in [0.2, 0.25) is 5.95 Å². The third-order valence-electron chi connectivity index (χ3n) is 6.66. The summed E-state index contributed by atoms with van der Waals surface area (Å²) in [6, 6.07) is 17.5. The first-order valence-corrected chi connectivity index (χ1v) is 11.7. The Kier molecular flexibility index (Phi) is 5.76. The summed E-state index contributed by atoms with van der Waals surface area (Å²) < 4.78 is 4.43. The van der Waals surface area contributed by atoms with Gasteiger partial charge in [-0.3, -0.25) is 23.3 Å². The van der Waals surface area contributed by atoms with Crippen LogP contribution in [0, 0.1) is 6.92 Å². The van der Waals surface area contributed by atoms with Gasteiger partial charge in [-0.1, -0.05) is 48.0 Å². The van der Waals surface area contributed by atoms with Crippen LogP contribution >= 0.6 is 0 Å². The molecule has 0 N–H and O–H groups in total. The van der Waals surface area contributed by atoms with Crippen LogP contribution in [0.1, 0.15) is 21.5 Å². The average Bonchev–Trinajstić information content (AvgIpc) is 3.26. The van der Waals surface area contributed by atoms with Gasteiger partial charge < -0.3 is 9.80 Å². The zero-order valence-corrected chi connectivity index (χ0v) is 20.1. The van der Waals surface area contributed by atoms with E-state index in [1.807, 2.05) is 71.0 Å². The van der Waals surface area contributed by atoms with Crippen LogP contribution in [-0.2, 0) is 20.6 Å². The van der Waals surface area contributed by atoms with Crippen molar-refractivity contribution in [2.75, 3.05) is 31.1 Å². The Balaban J connectivity index is 1.50. The molecule has 9 heteroatoms. The summed E-state index contributed by atoms with van der Waals surface area (Å²) in [7, 11) is 3.12. The van der Waals surface area contributed by atoms with Gasteiger partial charge in [0, 0.05) is 45.8 Å². The number of carbonyl (C=O) groups excluding carboxylic acids is 1. The standard InChI is InChI=1S/C26H28N6O3/c1-18-9-11-20(12-10-18)23(33)30-13-15-31(16-14-30)25-27-22-21(24(34)29(3)26(35)28(22)2)32(25)17-19-7-5-4-6-8-19/h4-12H,13-17H2,1-3H3. The number of anilines is 1. The first-order chi connectivity index (χ1) is 16.8. The molecule has 0 atom stereocenters. The second-order valence-corrected chi connectivity index (χ2v) is 9.01. The Morgan fingerprint density at radius 2 is 1.54 bits per heavy atom. The molecule has 180 valence electrons. The minimum Gasteiger partial charge on any atom is -0.339 e. The van der Waals surface area contributed by atoms with Crippen LogP contribution in [0.5, 0.6) is 0 Å². The van der Waals surface area contributed by atoms with E-state index in [0.29, 0.717) is 55.4 Å². The topological polar surface area (TPSA) is 85.4 Å². The molecule has 1 saturated heterocycles. The Labute approximate surface area is 202 Å². The highest BCUT2D eigenvalue weighted by Gasteiger charge is 2.27. The van der Waals surface area contributed by atoms with Crippen molar-refractivity contribution in [3.63, 3.8) is 0 Å². The van der Waals surface area contributed by atoms with Gasteiger partial charge >= 0.3 is 5.69 Å². The van der Waals surface area contributed by atoms with Gasteiger partial charge in [0.15, 0.2) is 11.2 Å². The summed E-state index contributed by atoms with van der Waals surface area (Å²) in [5, 5.41) is 0. The number of imidazole rings is 1. The van der Waals surface area contributed by atoms with Gasteiger partial charge in [0.05, 0.1) is 6.54 Å². The fraction of sp³-hybridized carbons (Fsp3) is 0.308. The lowest BCUT2D eigenvalue weighted by Crippen LogP contribution is -2.49. The van der Waals surface area contributed by atoms with E-state index < -0.39 is 5.69 Å². The summed E-state index contributed by atoms with van der Waals surface area (Å²) in [4.78, 5) is 47.4. The number of hydrogen-bond donors (Lipinski definition) is 0. The van der Waals surface area contributed by atoms with E-state index in [2.05, 4.69) is 4.90 Å². The molecular weight excluding hydrogens is 444 g/mol. The number of hydrogen-bond acceptors (Lipinski definition) is 5. The maximum absolute atomic E-state index is 13.1. The lowest BCUT2D eigenvalue weighted by molar-refractivity contribution is 0.0746. The van der Waals surface area contributed by atoms with E-state index in [4.69, 9.17) is 4.98 Å². The zero-order chi connectivity index (χ0) is 24.7. The number of piperazine rings is 1. The van der Waals surface area contributed by atoms with Crippen LogP contribution in [0.2, 0.25) is 0 Å². The van der Waals surface area contributed by atoms with Crippen LogP contribution in [0.15, 0.2) is 64.2 Å². The number of benzene rings is 2. The zero-order valence-electron chi connectivity index (χ0n) is 20.1. The summed E-state index contributed by atoms with van der Waals surface area (Å²) in [6.07, 6.45) is 0. The van der Waals surface area contributed by atoms with Crippen molar-refractivity contribution >= 4 is 23.0 Å². The quantitative estimate of drug-likeness (QED) is 0.452. The minimum absolute atomic E-state index is 0.0127. The minimum atomic E-state index is -0.410. The molecule has 1 amide bonds. The summed E-state index contributed by atoms with van der Waals surface area (Å²) in [6.45, 7) is 4.67. The molecular formula is C26H28N6O3. The smallest absolute Gasteiger partial charge is 0.332 e. The SMILES string of the molecule is Cc1ccc(C(=O)N2CCN(c3nc4c(c(=O)n(C)c(=O)n4C)n3Cc3ccccc3)CC2)cc1. The molecule has 0 aliphatic carbocycles. The number of amides is 1. The fourth-order valence-corrected chi connectivity index (χ4v) is 4.58. The normalized spacial score (nSPS) is 14.0. The molecule has 4 aromatic rings. The molecule has 1 fully saturated rings. The number of aryl methyl sites for hydroxylation is 2.